The molecule has 0 aliphatic carbocycles. The first kappa shape index (κ1) is 12.7. The molecular weight excluding hydrogens is 232 g/mol. The minimum Gasteiger partial charge on any atom is -1.00 e. The van der Waals surface area contributed by atoms with Gasteiger partial charge in [0, 0.05) is 6.61 Å². The Kier molecular flexibility index (Phi) is 6.90. The first-order chi connectivity index (χ1) is 5.83. The van der Waals surface area contributed by atoms with Crippen LogP contribution in [0.4, 0.5) is 0 Å². The summed E-state index contributed by atoms with van der Waals surface area (Å²) in [6, 6.07) is 0. The summed E-state index contributed by atoms with van der Waals surface area (Å²) in [5.74, 6) is 0. The molecule has 0 fully saturated rings. The summed E-state index contributed by atoms with van der Waals surface area (Å²) in [4.78, 5) is 0. The van der Waals surface area contributed by atoms with Crippen molar-refractivity contribution in [1.29, 1.82) is 0 Å². The molecule has 0 atom stereocenters. The number of aryl methyl sites for hydroxylation is 2. The van der Waals surface area contributed by atoms with E-state index in [1.165, 1.54) is 0 Å². The van der Waals surface area contributed by atoms with Crippen LogP contribution in [-0.2, 0) is 13.6 Å². The van der Waals surface area contributed by atoms with E-state index in [-0.39, 0.29) is 17.0 Å². The molecule has 0 aliphatic heterocycles. The summed E-state index contributed by atoms with van der Waals surface area (Å²) in [5.41, 5.74) is 0. The van der Waals surface area contributed by atoms with Crippen molar-refractivity contribution in [2.75, 3.05) is 6.61 Å². The number of aromatic nitrogens is 2. The molecule has 0 bridgehead atoms. The first-order valence-electron chi connectivity index (χ1n) is 4.45. The fraction of sp³-hybridized carbons (Fsp3) is 0.667. The summed E-state index contributed by atoms with van der Waals surface area (Å²) < 4.78 is 4.20. The lowest BCUT2D eigenvalue weighted by Gasteiger charge is -1.95. The standard InChI is InChI=1S/C9H17N2O.BrH/c1-10-6-7-11(9-10)5-3-2-4-8-12;/h6-7,9,12H,2-5,8H2,1H3;1H/q+1;/p-1. The van der Waals surface area contributed by atoms with E-state index < -0.39 is 0 Å². The van der Waals surface area contributed by atoms with Crippen LogP contribution in [0.3, 0.4) is 0 Å². The average molecular weight is 249 g/mol. The van der Waals surface area contributed by atoms with Gasteiger partial charge in [0.05, 0.1) is 13.6 Å². The zero-order valence-corrected chi connectivity index (χ0v) is 9.57. The van der Waals surface area contributed by atoms with Crippen LogP contribution in [0.15, 0.2) is 18.7 Å². The van der Waals surface area contributed by atoms with Gasteiger partial charge in [-0.15, -0.1) is 0 Å². The normalized spacial score (nSPS) is 9.69. The Hall–Kier alpha value is -0.350. The molecule has 1 aromatic heterocycles. The van der Waals surface area contributed by atoms with Gasteiger partial charge in [-0.3, -0.25) is 0 Å². The van der Waals surface area contributed by atoms with Crippen LogP contribution in [0.5, 0.6) is 0 Å². The molecular formula is C9H17BrN2O. The highest BCUT2D eigenvalue weighted by Crippen LogP contribution is 1.97. The van der Waals surface area contributed by atoms with Crippen LogP contribution in [0.25, 0.3) is 0 Å². The number of hydrogen-bond donors (Lipinski definition) is 1. The smallest absolute Gasteiger partial charge is 0.243 e. The second-order valence-corrected chi connectivity index (χ2v) is 3.10. The Labute approximate surface area is 89.8 Å². The topological polar surface area (TPSA) is 29.0 Å². The van der Waals surface area contributed by atoms with Crippen LogP contribution in [0.2, 0.25) is 0 Å². The summed E-state index contributed by atoms with van der Waals surface area (Å²) in [6.07, 6.45) is 9.35. The van der Waals surface area contributed by atoms with Gasteiger partial charge in [-0.05, 0) is 19.3 Å². The molecule has 0 aromatic carbocycles. The third-order valence-electron chi connectivity index (χ3n) is 1.90. The van der Waals surface area contributed by atoms with E-state index in [1.807, 2.05) is 17.8 Å². The molecule has 0 amide bonds. The van der Waals surface area contributed by atoms with Gasteiger partial charge < -0.3 is 22.1 Å². The maximum absolute atomic E-state index is 8.56. The largest absolute Gasteiger partial charge is 1.00 e. The lowest BCUT2D eigenvalue weighted by molar-refractivity contribution is -0.671. The molecule has 0 saturated carbocycles. The zero-order valence-electron chi connectivity index (χ0n) is 7.99. The Morgan fingerprint density at radius 3 is 2.62 bits per heavy atom. The van der Waals surface area contributed by atoms with Gasteiger partial charge in [-0.25, -0.2) is 9.13 Å². The van der Waals surface area contributed by atoms with Crippen molar-refractivity contribution in [3.05, 3.63) is 18.7 Å². The number of aliphatic hydroxyl groups excluding tert-OH is 1. The third kappa shape index (κ3) is 5.05. The molecule has 76 valence electrons. The van der Waals surface area contributed by atoms with Gasteiger partial charge in [0.2, 0.25) is 6.33 Å². The number of aliphatic hydroxyl groups is 1. The van der Waals surface area contributed by atoms with Crippen LogP contribution >= 0.6 is 0 Å². The van der Waals surface area contributed by atoms with E-state index in [4.69, 9.17) is 5.11 Å². The van der Waals surface area contributed by atoms with Gasteiger partial charge in [0.15, 0.2) is 0 Å². The van der Waals surface area contributed by atoms with Crippen molar-refractivity contribution >= 4 is 0 Å². The molecule has 3 nitrogen and oxygen atoms in total. The quantitative estimate of drug-likeness (QED) is 0.453. The molecule has 13 heavy (non-hydrogen) atoms. The SMILES string of the molecule is C[n+]1ccn(CCCCCO)c1.[Br-]. The highest BCUT2D eigenvalue weighted by atomic mass is 79.9. The van der Waals surface area contributed by atoms with Crippen molar-refractivity contribution in [3.63, 3.8) is 0 Å². The minimum absolute atomic E-state index is 0. The number of unbranched alkanes of at least 4 members (excludes halogenated alkanes) is 2. The number of nitrogens with zero attached hydrogens (tertiary/aromatic N) is 2. The number of halogens is 1. The Balaban J connectivity index is 0.00000144. The molecule has 4 heteroatoms. The van der Waals surface area contributed by atoms with Crippen LogP contribution in [0, 0.1) is 0 Å². The predicted octanol–water partition coefficient (Wildman–Crippen LogP) is -2.52. The summed E-state index contributed by atoms with van der Waals surface area (Å²) in [6.45, 7) is 1.38. The van der Waals surface area contributed by atoms with E-state index in [1.54, 1.807) is 0 Å². The Bertz CT molecular complexity index is 225. The van der Waals surface area contributed by atoms with Gasteiger partial charge >= 0.3 is 0 Å². The number of rotatable bonds is 5. The molecule has 1 aromatic rings. The second-order valence-electron chi connectivity index (χ2n) is 3.10. The number of hydrogen-bond acceptors (Lipinski definition) is 1. The highest BCUT2D eigenvalue weighted by molar-refractivity contribution is 4.65. The van der Waals surface area contributed by atoms with Gasteiger partial charge in [0.25, 0.3) is 0 Å². The minimum atomic E-state index is 0. The van der Waals surface area contributed by atoms with Gasteiger partial charge in [0.1, 0.15) is 12.4 Å². The lowest BCUT2D eigenvalue weighted by Crippen LogP contribution is -3.00. The van der Waals surface area contributed by atoms with Crippen LogP contribution < -0.4 is 21.5 Å². The van der Waals surface area contributed by atoms with Crippen molar-refractivity contribution < 1.29 is 26.7 Å². The Morgan fingerprint density at radius 2 is 2.08 bits per heavy atom. The maximum Gasteiger partial charge on any atom is 0.243 e. The fourth-order valence-electron chi connectivity index (χ4n) is 1.22. The first-order valence-corrected chi connectivity index (χ1v) is 4.45. The van der Waals surface area contributed by atoms with E-state index in [2.05, 4.69) is 17.1 Å². The van der Waals surface area contributed by atoms with Crippen molar-refractivity contribution in [1.82, 2.24) is 4.57 Å². The molecule has 1 rings (SSSR count). The summed E-state index contributed by atoms with van der Waals surface area (Å²) in [5, 5.41) is 8.56. The van der Waals surface area contributed by atoms with E-state index >= 15 is 0 Å². The second kappa shape index (κ2) is 7.09. The molecule has 0 spiro atoms. The summed E-state index contributed by atoms with van der Waals surface area (Å²) in [7, 11) is 2.02. The third-order valence-corrected chi connectivity index (χ3v) is 1.90. The van der Waals surface area contributed by atoms with E-state index in [0.717, 1.165) is 25.8 Å². The zero-order chi connectivity index (χ0) is 8.81. The van der Waals surface area contributed by atoms with Gasteiger partial charge in [-0.1, -0.05) is 0 Å². The number of imidazole rings is 1. The summed E-state index contributed by atoms with van der Waals surface area (Å²) >= 11 is 0. The van der Waals surface area contributed by atoms with Crippen molar-refractivity contribution in [3.8, 4) is 0 Å². The fourth-order valence-corrected chi connectivity index (χ4v) is 1.22. The van der Waals surface area contributed by atoms with Crippen molar-refractivity contribution in [2.24, 2.45) is 7.05 Å². The molecule has 0 radical (unpaired) electrons. The molecule has 0 saturated heterocycles. The van der Waals surface area contributed by atoms with Gasteiger partial charge in [-0.2, -0.15) is 0 Å². The van der Waals surface area contributed by atoms with Crippen molar-refractivity contribution in [2.45, 2.75) is 25.8 Å². The lowest BCUT2D eigenvalue weighted by atomic mass is 10.2. The monoisotopic (exact) mass is 248 g/mol. The molecule has 0 unspecified atom stereocenters. The molecule has 0 aliphatic rings. The van der Waals surface area contributed by atoms with E-state index in [0.29, 0.717) is 6.61 Å². The average Bonchev–Trinajstić information content (AvgIpc) is 2.45. The maximum atomic E-state index is 8.56. The predicted molar refractivity (Wildman–Crippen MR) is 46.5 cm³/mol. The van der Waals surface area contributed by atoms with Crippen LogP contribution in [0.1, 0.15) is 19.3 Å². The highest BCUT2D eigenvalue weighted by Gasteiger charge is 1.98. The van der Waals surface area contributed by atoms with E-state index in [9.17, 15) is 0 Å². The molecule has 1 N–H and O–H groups in total. The Morgan fingerprint density at radius 1 is 1.31 bits per heavy atom. The molecule has 1 heterocycles. The van der Waals surface area contributed by atoms with Crippen LogP contribution in [-0.4, -0.2) is 16.3 Å².